The van der Waals surface area contributed by atoms with E-state index in [1.54, 1.807) is 0 Å². The van der Waals surface area contributed by atoms with Gasteiger partial charge in [-0.15, -0.1) is 0 Å². The summed E-state index contributed by atoms with van der Waals surface area (Å²) in [6.07, 6.45) is 0. The van der Waals surface area contributed by atoms with E-state index in [2.05, 4.69) is 240 Å². The van der Waals surface area contributed by atoms with Crippen LogP contribution in [0.3, 0.4) is 0 Å². The smallest absolute Gasteiger partial charge is 0.132 e. The SMILES string of the molecule is c1ccc(-c2ccc3c(c2)c2cc(-n4c5ccc(-c6ccccc6)cc5c5ccc6c(c54)-c4ccccc4C64c5ccccc5Oc5ccccc54)ccc2n3-c2ccccc2)cc1. The van der Waals surface area contributed by atoms with E-state index in [1.807, 2.05) is 0 Å². The van der Waals surface area contributed by atoms with Crippen LogP contribution >= 0.6 is 0 Å². The number of benzene rings is 10. The van der Waals surface area contributed by atoms with Gasteiger partial charge in [-0.3, -0.25) is 0 Å². The third kappa shape index (κ3) is 4.76. The van der Waals surface area contributed by atoms with Gasteiger partial charge in [0.2, 0.25) is 0 Å². The molecule has 1 spiro atoms. The van der Waals surface area contributed by atoms with Crippen molar-refractivity contribution < 1.29 is 4.74 Å². The Morgan fingerprint density at radius 1 is 0.312 bits per heavy atom. The van der Waals surface area contributed by atoms with Crippen molar-refractivity contribution in [2.75, 3.05) is 0 Å². The third-order valence-corrected chi connectivity index (χ3v) is 14.0. The quantitative estimate of drug-likeness (QED) is 0.173. The molecule has 298 valence electrons. The Balaban J connectivity index is 1.12. The summed E-state index contributed by atoms with van der Waals surface area (Å²) in [5, 5.41) is 4.88. The topological polar surface area (TPSA) is 19.1 Å². The fraction of sp³-hybridized carbons (Fsp3) is 0.0164. The first kappa shape index (κ1) is 35.2. The van der Waals surface area contributed by atoms with Crippen molar-refractivity contribution in [1.29, 1.82) is 0 Å². The molecule has 0 atom stereocenters. The van der Waals surface area contributed by atoms with Gasteiger partial charge >= 0.3 is 0 Å². The Morgan fingerprint density at radius 3 is 1.45 bits per heavy atom. The molecule has 14 rings (SSSR count). The van der Waals surface area contributed by atoms with Gasteiger partial charge in [-0.1, -0.05) is 164 Å². The number of aromatic nitrogens is 2. The summed E-state index contributed by atoms with van der Waals surface area (Å²) in [5.41, 5.74) is 18.6. The van der Waals surface area contributed by atoms with Crippen LogP contribution in [0.25, 0.3) is 88.4 Å². The Morgan fingerprint density at radius 2 is 0.812 bits per heavy atom. The van der Waals surface area contributed by atoms with Gasteiger partial charge in [0, 0.05) is 49.6 Å². The van der Waals surface area contributed by atoms with Crippen molar-refractivity contribution in [3.63, 3.8) is 0 Å². The summed E-state index contributed by atoms with van der Waals surface area (Å²) < 4.78 is 11.7. The van der Waals surface area contributed by atoms with Crippen molar-refractivity contribution in [3.8, 4) is 56.3 Å². The molecule has 0 fully saturated rings. The summed E-state index contributed by atoms with van der Waals surface area (Å²) in [4.78, 5) is 0. The highest BCUT2D eigenvalue weighted by Crippen LogP contribution is 2.63. The molecule has 1 aliphatic heterocycles. The number of para-hydroxylation sites is 3. The highest BCUT2D eigenvalue weighted by atomic mass is 16.5. The maximum Gasteiger partial charge on any atom is 0.132 e. The zero-order chi connectivity index (χ0) is 41.9. The second-order valence-electron chi connectivity index (χ2n) is 17.2. The van der Waals surface area contributed by atoms with Gasteiger partial charge in [-0.25, -0.2) is 0 Å². The number of fused-ring (bicyclic) bond motifs is 16. The van der Waals surface area contributed by atoms with Crippen molar-refractivity contribution in [2.24, 2.45) is 0 Å². The summed E-state index contributed by atoms with van der Waals surface area (Å²) in [7, 11) is 0. The van der Waals surface area contributed by atoms with Crippen molar-refractivity contribution >= 4 is 43.6 Å². The molecule has 1 aliphatic carbocycles. The second-order valence-corrected chi connectivity index (χ2v) is 17.2. The zero-order valence-electron chi connectivity index (χ0n) is 34.7. The molecule has 64 heavy (non-hydrogen) atoms. The summed E-state index contributed by atoms with van der Waals surface area (Å²) in [6, 6.07) is 84.4. The van der Waals surface area contributed by atoms with E-state index in [9.17, 15) is 0 Å². The molecule has 2 aromatic heterocycles. The van der Waals surface area contributed by atoms with Crippen LogP contribution in [0.15, 0.2) is 231 Å². The lowest BCUT2D eigenvalue weighted by Gasteiger charge is -2.39. The number of ether oxygens (including phenoxy) is 1. The first-order valence-corrected chi connectivity index (χ1v) is 22.1. The lowest BCUT2D eigenvalue weighted by molar-refractivity contribution is 0.436. The van der Waals surface area contributed by atoms with Gasteiger partial charge in [0.05, 0.1) is 27.5 Å². The molecular formula is C61H38N2O. The van der Waals surface area contributed by atoms with Crippen molar-refractivity contribution in [2.45, 2.75) is 5.41 Å². The lowest BCUT2D eigenvalue weighted by Crippen LogP contribution is -2.32. The predicted octanol–water partition coefficient (Wildman–Crippen LogP) is 15.7. The van der Waals surface area contributed by atoms with Gasteiger partial charge in [0.15, 0.2) is 0 Å². The van der Waals surface area contributed by atoms with Crippen molar-refractivity contribution in [1.82, 2.24) is 9.13 Å². The maximum absolute atomic E-state index is 6.72. The molecule has 0 amide bonds. The molecule has 0 radical (unpaired) electrons. The first-order chi connectivity index (χ1) is 31.8. The van der Waals surface area contributed by atoms with Crippen LogP contribution in [0.4, 0.5) is 0 Å². The van der Waals surface area contributed by atoms with Gasteiger partial charge < -0.3 is 13.9 Å². The molecule has 0 saturated heterocycles. The molecule has 2 aliphatic rings. The van der Waals surface area contributed by atoms with Crippen LogP contribution in [0.1, 0.15) is 22.3 Å². The summed E-state index contributed by atoms with van der Waals surface area (Å²) in [6.45, 7) is 0. The van der Waals surface area contributed by atoms with Crippen LogP contribution in [-0.2, 0) is 5.41 Å². The summed E-state index contributed by atoms with van der Waals surface area (Å²) >= 11 is 0. The normalized spacial score (nSPS) is 13.2. The number of rotatable bonds is 4. The lowest BCUT2D eigenvalue weighted by atomic mass is 9.66. The van der Waals surface area contributed by atoms with Crippen LogP contribution in [0.5, 0.6) is 11.5 Å². The minimum Gasteiger partial charge on any atom is -0.457 e. The summed E-state index contributed by atoms with van der Waals surface area (Å²) in [5.74, 6) is 1.79. The van der Waals surface area contributed by atoms with Crippen LogP contribution in [-0.4, -0.2) is 9.13 Å². The van der Waals surface area contributed by atoms with Gasteiger partial charge in [0.1, 0.15) is 11.5 Å². The van der Waals surface area contributed by atoms with Crippen LogP contribution in [0, 0.1) is 0 Å². The molecule has 0 bridgehead atoms. The van der Waals surface area contributed by atoms with E-state index in [1.165, 1.54) is 88.1 Å². The fourth-order valence-electron chi connectivity index (χ4n) is 11.3. The van der Waals surface area contributed by atoms with E-state index in [0.717, 1.165) is 34.0 Å². The van der Waals surface area contributed by atoms with Gasteiger partial charge in [-0.05, 0) is 106 Å². The molecule has 12 aromatic rings. The Hall–Kier alpha value is -8.40. The largest absolute Gasteiger partial charge is 0.457 e. The van der Waals surface area contributed by atoms with Crippen molar-refractivity contribution in [3.05, 3.63) is 253 Å². The molecule has 0 unspecified atom stereocenters. The number of hydrogen-bond donors (Lipinski definition) is 0. The van der Waals surface area contributed by atoms with Gasteiger partial charge in [0.25, 0.3) is 0 Å². The average Bonchev–Trinajstić information content (AvgIpc) is 3.98. The van der Waals surface area contributed by atoms with E-state index < -0.39 is 5.41 Å². The number of hydrogen-bond acceptors (Lipinski definition) is 1. The third-order valence-electron chi connectivity index (χ3n) is 14.0. The van der Waals surface area contributed by atoms with E-state index >= 15 is 0 Å². The minimum absolute atomic E-state index is 0.580. The highest BCUT2D eigenvalue weighted by Gasteiger charge is 2.51. The first-order valence-electron chi connectivity index (χ1n) is 22.1. The number of nitrogens with zero attached hydrogens (tertiary/aromatic N) is 2. The van der Waals surface area contributed by atoms with E-state index in [-0.39, 0.29) is 0 Å². The molecule has 0 saturated carbocycles. The zero-order valence-corrected chi connectivity index (χ0v) is 34.7. The second kappa shape index (κ2) is 13.3. The monoisotopic (exact) mass is 814 g/mol. The molecular weight excluding hydrogens is 777 g/mol. The van der Waals surface area contributed by atoms with E-state index in [0.29, 0.717) is 0 Å². The standard InChI is InChI=1S/C61H38N2O/c1-4-16-39(17-5-1)41-29-34-56-47(36-41)45-31-32-53-59(46-22-10-11-23-50(46)61(53)51-24-12-14-26-57(51)64-58-27-15-13-25-52(58)61)60(45)63(56)44-30-35-55-49(38-44)48-37-42(40-18-6-2-7-19-40)28-33-54(48)62(55)43-20-8-3-9-21-43/h1-38H. The molecule has 3 nitrogen and oxygen atoms in total. The van der Waals surface area contributed by atoms with Crippen LogP contribution < -0.4 is 4.74 Å². The van der Waals surface area contributed by atoms with E-state index in [4.69, 9.17) is 4.74 Å². The average molecular weight is 815 g/mol. The molecule has 10 aromatic carbocycles. The Bertz CT molecular complexity index is 3810. The van der Waals surface area contributed by atoms with Crippen LogP contribution in [0.2, 0.25) is 0 Å². The van der Waals surface area contributed by atoms with Gasteiger partial charge in [-0.2, -0.15) is 0 Å². The molecule has 3 heteroatoms. The highest BCUT2D eigenvalue weighted by molar-refractivity contribution is 6.18. The molecule has 3 heterocycles. The Kier molecular flexibility index (Phi) is 7.32. The maximum atomic E-state index is 6.72. The molecule has 0 N–H and O–H groups in total. The fourth-order valence-corrected chi connectivity index (χ4v) is 11.3. The minimum atomic E-state index is -0.580. The predicted molar refractivity (Wildman–Crippen MR) is 263 cm³/mol. The Labute approximate surface area is 370 Å².